The molecule has 0 aromatic heterocycles. The van der Waals surface area contributed by atoms with Crippen LogP contribution in [0.1, 0.15) is 6.92 Å². The molecule has 0 amide bonds. The smallest absolute Gasteiger partial charge is 0.394 e. The monoisotopic (exact) mass is 568 g/mol. The van der Waals surface area contributed by atoms with Crippen molar-refractivity contribution in [2.45, 2.75) is 99.0 Å². The van der Waals surface area contributed by atoms with Crippen molar-refractivity contribution in [2.24, 2.45) is 0 Å². The number of ether oxygens (including phenoxy) is 5. The average Bonchev–Trinajstić information content (AvgIpc) is 2.83. The minimum Gasteiger partial charge on any atom is -0.394 e. The van der Waals surface area contributed by atoms with Crippen molar-refractivity contribution >= 4 is 7.82 Å². The van der Waals surface area contributed by atoms with Gasteiger partial charge >= 0.3 is 7.82 Å². The van der Waals surface area contributed by atoms with Gasteiger partial charge in [-0.1, -0.05) is 0 Å². The van der Waals surface area contributed by atoms with Gasteiger partial charge in [-0.05, 0) is 6.92 Å². The lowest BCUT2D eigenvalue weighted by Gasteiger charge is -2.48. The highest BCUT2D eigenvalue weighted by atomic mass is 31.2. The predicted molar refractivity (Wildman–Crippen MR) is 111 cm³/mol. The van der Waals surface area contributed by atoms with Gasteiger partial charge in [-0.2, -0.15) is 0 Å². The summed E-state index contributed by atoms with van der Waals surface area (Å²) in [6.07, 6.45) is -26.0. The molecule has 3 aliphatic heterocycles. The Kier molecular flexibility index (Phi) is 10.4. The number of hydrogen-bond donors (Lipinski definition) is 11. The maximum absolute atomic E-state index is 11.3. The minimum absolute atomic E-state index is 0.885. The Hall–Kier alpha value is -0.450. The number of hydrogen-bond acceptors (Lipinski definition) is 16. The van der Waals surface area contributed by atoms with Crippen molar-refractivity contribution in [3.8, 4) is 0 Å². The Morgan fingerprint density at radius 2 is 1.19 bits per heavy atom. The lowest BCUT2D eigenvalue weighted by Crippen LogP contribution is -2.66. The van der Waals surface area contributed by atoms with Crippen LogP contribution in [0.15, 0.2) is 0 Å². The SMILES string of the molecule is C[C@@H]1O[C@@H](O)[C@H](O)[C@H](O[C@H]2O[C@H](CO)[C@@H](O[C@@H]3O[C@H](CO)[C@H](O)[C@H](OP(=O)(O)O)[C@H]3O)[C@H](O)[C@H]2O)[C@H]1O. The van der Waals surface area contributed by atoms with Crippen molar-refractivity contribution in [3.63, 3.8) is 0 Å². The van der Waals surface area contributed by atoms with Crippen molar-refractivity contribution in [3.05, 3.63) is 0 Å². The Balaban J connectivity index is 1.75. The van der Waals surface area contributed by atoms with Crippen LogP contribution in [0.4, 0.5) is 0 Å². The first-order valence-corrected chi connectivity index (χ1v) is 12.7. The molecule has 0 unspecified atom stereocenters. The van der Waals surface area contributed by atoms with Gasteiger partial charge in [-0.3, -0.25) is 4.52 Å². The third kappa shape index (κ3) is 6.83. The van der Waals surface area contributed by atoms with Crippen molar-refractivity contribution in [1.29, 1.82) is 0 Å². The zero-order chi connectivity index (χ0) is 27.8. The first kappa shape index (κ1) is 31.1. The first-order valence-electron chi connectivity index (χ1n) is 11.2. The summed E-state index contributed by atoms with van der Waals surface area (Å²) in [7, 11) is -5.25. The summed E-state index contributed by atoms with van der Waals surface area (Å²) in [4.78, 5) is 18.2. The first-order chi connectivity index (χ1) is 17.2. The van der Waals surface area contributed by atoms with E-state index in [4.69, 9.17) is 33.5 Å². The molecular formula is C18H33O18P. The Bertz CT molecular complexity index is 768. The average molecular weight is 568 g/mol. The molecule has 0 radical (unpaired) electrons. The van der Waals surface area contributed by atoms with E-state index in [1.165, 1.54) is 6.92 Å². The molecule has 218 valence electrons. The van der Waals surface area contributed by atoms with Gasteiger partial charge in [0.2, 0.25) is 0 Å². The van der Waals surface area contributed by atoms with Crippen LogP contribution in [-0.4, -0.2) is 161 Å². The zero-order valence-corrected chi connectivity index (χ0v) is 20.2. The molecular weight excluding hydrogens is 535 g/mol. The number of phosphoric ester groups is 1. The lowest BCUT2D eigenvalue weighted by molar-refractivity contribution is -0.376. The summed E-state index contributed by atoms with van der Waals surface area (Å²) in [6, 6.07) is 0. The third-order valence-corrected chi connectivity index (χ3v) is 6.80. The fourth-order valence-electron chi connectivity index (χ4n) is 4.26. The molecule has 3 aliphatic rings. The predicted octanol–water partition coefficient (Wildman–Crippen LogP) is -6.43. The van der Waals surface area contributed by atoms with Crippen molar-refractivity contribution in [2.75, 3.05) is 13.2 Å². The molecule has 3 saturated heterocycles. The molecule has 3 heterocycles. The highest BCUT2D eigenvalue weighted by Gasteiger charge is 2.54. The van der Waals surface area contributed by atoms with E-state index in [0.29, 0.717) is 0 Å². The fourth-order valence-corrected chi connectivity index (χ4v) is 4.83. The third-order valence-electron chi connectivity index (χ3n) is 6.28. The molecule has 15 atom stereocenters. The van der Waals surface area contributed by atoms with Crippen LogP contribution in [0.25, 0.3) is 0 Å². The number of phosphoric acid groups is 1. The molecule has 3 rings (SSSR count). The van der Waals surface area contributed by atoms with Gasteiger partial charge in [0.25, 0.3) is 0 Å². The van der Waals surface area contributed by atoms with Crippen LogP contribution < -0.4 is 0 Å². The highest BCUT2D eigenvalue weighted by Crippen LogP contribution is 2.42. The van der Waals surface area contributed by atoms with E-state index in [1.54, 1.807) is 0 Å². The molecule has 0 bridgehead atoms. The summed E-state index contributed by atoms with van der Waals surface area (Å²) in [5, 5.41) is 91.2. The molecule has 0 aromatic carbocycles. The molecule has 3 fully saturated rings. The molecule has 37 heavy (non-hydrogen) atoms. The van der Waals surface area contributed by atoms with E-state index in [9.17, 15) is 50.5 Å². The Morgan fingerprint density at radius 1 is 0.649 bits per heavy atom. The summed E-state index contributed by atoms with van der Waals surface area (Å²) < 4.78 is 42.1. The molecule has 0 spiro atoms. The van der Waals surface area contributed by atoms with E-state index >= 15 is 0 Å². The van der Waals surface area contributed by atoms with Crippen LogP contribution in [0.2, 0.25) is 0 Å². The lowest BCUT2D eigenvalue weighted by atomic mass is 9.96. The van der Waals surface area contributed by atoms with E-state index in [0.717, 1.165) is 0 Å². The number of aliphatic hydroxyl groups excluding tert-OH is 9. The summed E-state index contributed by atoms with van der Waals surface area (Å²) in [5.41, 5.74) is 0. The largest absolute Gasteiger partial charge is 0.470 e. The normalized spacial score (nSPS) is 49.7. The van der Waals surface area contributed by atoms with Crippen LogP contribution in [0.5, 0.6) is 0 Å². The van der Waals surface area contributed by atoms with E-state index in [1.807, 2.05) is 0 Å². The van der Waals surface area contributed by atoms with Gasteiger partial charge in [0.15, 0.2) is 18.9 Å². The second kappa shape index (κ2) is 12.4. The zero-order valence-electron chi connectivity index (χ0n) is 19.3. The Morgan fingerprint density at radius 3 is 1.76 bits per heavy atom. The van der Waals surface area contributed by atoms with E-state index < -0.39 is 113 Å². The van der Waals surface area contributed by atoms with Crippen LogP contribution >= 0.6 is 7.82 Å². The fraction of sp³-hybridized carbons (Fsp3) is 1.00. The van der Waals surface area contributed by atoms with Gasteiger partial charge in [0.1, 0.15) is 67.1 Å². The number of rotatable bonds is 8. The number of aliphatic hydroxyl groups is 9. The van der Waals surface area contributed by atoms with Gasteiger partial charge in [0.05, 0.1) is 19.3 Å². The second-order valence-electron chi connectivity index (χ2n) is 8.89. The van der Waals surface area contributed by atoms with Crippen LogP contribution in [-0.2, 0) is 32.8 Å². The van der Waals surface area contributed by atoms with Crippen molar-refractivity contribution in [1.82, 2.24) is 0 Å². The van der Waals surface area contributed by atoms with Gasteiger partial charge in [0, 0.05) is 0 Å². The molecule has 0 saturated carbocycles. The topological polar surface area (TPSA) is 295 Å². The maximum Gasteiger partial charge on any atom is 0.470 e. The van der Waals surface area contributed by atoms with Crippen LogP contribution in [0, 0.1) is 0 Å². The quantitative estimate of drug-likeness (QED) is 0.121. The van der Waals surface area contributed by atoms with Gasteiger partial charge in [-0.15, -0.1) is 0 Å². The minimum atomic E-state index is -5.25. The van der Waals surface area contributed by atoms with Crippen LogP contribution in [0.3, 0.4) is 0 Å². The van der Waals surface area contributed by atoms with E-state index in [-0.39, 0.29) is 0 Å². The van der Waals surface area contributed by atoms with Gasteiger partial charge < -0.3 is 79.4 Å². The summed E-state index contributed by atoms with van der Waals surface area (Å²) in [5.74, 6) is 0. The molecule has 18 nitrogen and oxygen atoms in total. The Labute approximate surface area is 209 Å². The highest BCUT2D eigenvalue weighted by molar-refractivity contribution is 7.46. The molecule has 11 N–H and O–H groups in total. The maximum atomic E-state index is 11.3. The molecule has 19 heteroatoms. The summed E-state index contributed by atoms with van der Waals surface area (Å²) >= 11 is 0. The van der Waals surface area contributed by atoms with Gasteiger partial charge in [-0.25, -0.2) is 4.57 Å². The second-order valence-corrected chi connectivity index (χ2v) is 10.1. The molecule has 0 aliphatic carbocycles. The summed E-state index contributed by atoms with van der Waals surface area (Å²) in [6.45, 7) is -0.414. The standard InChI is InChI=1S/C18H33O18P/c1-4-7(21)14(11(25)16(27)31-4)35-17-10(24)9(23)13(6(3-20)33-17)34-18-12(26)15(36-37(28,29)30)8(22)5(2-19)32-18/h4-27H,2-3H2,1H3,(H2,28,29,30)/t4-,5+,6+,7-,8-,9+,10+,11+,12+,13+,14+,15-,16+,17+,18-/m0/s1. The van der Waals surface area contributed by atoms with E-state index in [2.05, 4.69) is 4.52 Å². The molecule has 0 aromatic rings. The van der Waals surface area contributed by atoms with Crippen molar-refractivity contribution < 1.29 is 88.5 Å².